The maximum Gasteiger partial charge on any atom is 0.119 e. The number of hydrogen-bond donors (Lipinski definition) is 0. The number of thioether (sulfide) groups is 2. The summed E-state index contributed by atoms with van der Waals surface area (Å²) in [6.45, 7) is 3.65. The van der Waals surface area contributed by atoms with Gasteiger partial charge in [0.1, 0.15) is 11.5 Å². The van der Waals surface area contributed by atoms with Gasteiger partial charge in [0.05, 0.1) is 36.0 Å². The van der Waals surface area contributed by atoms with Crippen LogP contribution in [0.3, 0.4) is 0 Å². The van der Waals surface area contributed by atoms with Crippen LogP contribution in [-0.4, -0.2) is 98.7 Å². The number of nitrogens with zero attached hydrogens (tertiary/aromatic N) is 4. The van der Waals surface area contributed by atoms with Gasteiger partial charge in [-0.2, -0.15) is 23.5 Å². The second-order valence-corrected chi connectivity index (χ2v) is 13.6. The molecule has 6 nitrogen and oxygen atoms in total. The minimum Gasteiger partial charge on any atom is -0.493 e. The highest BCUT2D eigenvalue weighted by atomic mass is 32.2. The van der Waals surface area contributed by atoms with Crippen molar-refractivity contribution in [2.45, 2.75) is 12.8 Å². The van der Waals surface area contributed by atoms with E-state index in [9.17, 15) is 0 Å². The number of fused-ring (bicyclic) bond motifs is 2. The summed E-state index contributed by atoms with van der Waals surface area (Å²) < 4.78 is 12.0. The molecule has 8 heteroatoms. The molecule has 0 aromatic heterocycles. The number of hydrogen-bond acceptors (Lipinski definition) is 8. The van der Waals surface area contributed by atoms with Gasteiger partial charge in [0.15, 0.2) is 0 Å². The monoisotopic (exact) mass is 602 g/mol. The van der Waals surface area contributed by atoms with Gasteiger partial charge in [0.2, 0.25) is 0 Å². The molecule has 222 valence electrons. The molecule has 0 amide bonds. The summed E-state index contributed by atoms with van der Waals surface area (Å²) in [5.41, 5.74) is 9.07. The van der Waals surface area contributed by atoms with E-state index in [-0.39, 0.29) is 0 Å². The van der Waals surface area contributed by atoms with Crippen molar-refractivity contribution in [1.82, 2.24) is 9.80 Å². The van der Waals surface area contributed by atoms with Crippen LogP contribution < -0.4 is 9.47 Å². The van der Waals surface area contributed by atoms with Crippen molar-refractivity contribution in [3.05, 3.63) is 82.9 Å². The van der Waals surface area contributed by atoms with Crippen molar-refractivity contribution in [1.29, 1.82) is 0 Å². The Labute approximate surface area is 259 Å². The molecule has 3 aromatic carbocycles. The predicted molar refractivity (Wildman–Crippen MR) is 182 cm³/mol. The zero-order valence-electron chi connectivity index (χ0n) is 25.3. The molecule has 0 N–H and O–H groups in total. The highest BCUT2D eigenvalue weighted by Crippen LogP contribution is 2.34. The van der Waals surface area contributed by atoms with E-state index in [2.05, 4.69) is 86.5 Å². The molecule has 0 spiro atoms. The first-order valence-electron chi connectivity index (χ1n) is 14.7. The number of rotatable bonds is 16. The molecule has 0 saturated carbocycles. The van der Waals surface area contributed by atoms with Crippen molar-refractivity contribution in [2.24, 2.45) is 9.98 Å². The first-order valence-corrected chi connectivity index (χ1v) is 17.0. The van der Waals surface area contributed by atoms with Crippen LogP contribution in [0.1, 0.15) is 22.3 Å². The molecule has 2 aliphatic rings. The first kappa shape index (κ1) is 30.7. The standard InChI is InChI=1S/C34H42N4O2S2/c1-37(2)13-17-41-19-15-39-29-9-11-31-27(21-29)23-33(35-31)25-5-7-26(8-6-25)34-24-28-22-30(10-12-32(28)36-34)40-16-20-42-18-14-38(3)4/h5-12,21-22H,13-20,23-24H2,1-4H3. The molecule has 0 unspecified atom stereocenters. The van der Waals surface area contributed by atoms with Gasteiger partial charge in [-0.1, -0.05) is 24.3 Å². The van der Waals surface area contributed by atoms with Crippen molar-refractivity contribution in [2.75, 3.05) is 77.5 Å². The van der Waals surface area contributed by atoms with Gasteiger partial charge in [-0.05, 0) is 86.8 Å². The van der Waals surface area contributed by atoms with E-state index < -0.39 is 0 Å². The van der Waals surface area contributed by atoms with Crippen LogP contribution >= 0.6 is 23.5 Å². The average molecular weight is 603 g/mol. The summed E-state index contributed by atoms with van der Waals surface area (Å²) in [5.74, 6) is 6.12. The Morgan fingerprint density at radius 2 is 1.02 bits per heavy atom. The summed E-state index contributed by atoms with van der Waals surface area (Å²) in [4.78, 5) is 14.3. The highest BCUT2D eigenvalue weighted by molar-refractivity contribution is 7.99. The zero-order chi connectivity index (χ0) is 29.3. The summed E-state index contributed by atoms with van der Waals surface area (Å²) in [6.07, 6.45) is 1.65. The Hall–Kier alpha value is -2.78. The van der Waals surface area contributed by atoms with Crippen molar-refractivity contribution < 1.29 is 9.47 Å². The molecule has 2 heterocycles. The lowest BCUT2D eigenvalue weighted by Gasteiger charge is -2.10. The fraction of sp³-hybridized carbons (Fsp3) is 0.412. The second kappa shape index (κ2) is 15.1. The fourth-order valence-electron chi connectivity index (χ4n) is 4.86. The number of ether oxygens (including phenoxy) is 2. The molecule has 0 atom stereocenters. The van der Waals surface area contributed by atoms with E-state index in [1.54, 1.807) is 0 Å². The van der Waals surface area contributed by atoms with Crippen LogP contribution in [0.4, 0.5) is 11.4 Å². The van der Waals surface area contributed by atoms with E-state index in [1.165, 1.54) is 11.1 Å². The molecule has 0 radical (unpaired) electrons. The minimum absolute atomic E-state index is 0.727. The van der Waals surface area contributed by atoms with E-state index in [0.29, 0.717) is 0 Å². The van der Waals surface area contributed by atoms with Crippen molar-refractivity contribution in [3.8, 4) is 11.5 Å². The smallest absolute Gasteiger partial charge is 0.119 e. The molecular weight excluding hydrogens is 561 g/mol. The Bertz CT molecular complexity index is 1300. The van der Waals surface area contributed by atoms with Crippen LogP contribution in [-0.2, 0) is 12.8 Å². The molecule has 5 rings (SSSR count). The molecule has 2 aliphatic heterocycles. The van der Waals surface area contributed by atoms with Crippen LogP contribution in [0, 0.1) is 0 Å². The van der Waals surface area contributed by atoms with Gasteiger partial charge >= 0.3 is 0 Å². The van der Waals surface area contributed by atoms with E-state index >= 15 is 0 Å². The lowest BCUT2D eigenvalue weighted by molar-refractivity contribution is 0.343. The maximum atomic E-state index is 6.02. The third-order valence-corrected chi connectivity index (χ3v) is 9.09. The molecule has 42 heavy (non-hydrogen) atoms. The molecule has 0 aliphatic carbocycles. The number of aliphatic imine (C=N–C) groups is 2. The predicted octanol–water partition coefficient (Wildman–Crippen LogP) is 6.39. The normalized spacial score (nSPS) is 13.8. The Balaban J connectivity index is 1.09. The lowest BCUT2D eigenvalue weighted by atomic mass is 9.99. The van der Waals surface area contributed by atoms with E-state index in [1.807, 2.05) is 35.7 Å². The molecule has 0 bridgehead atoms. The molecular formula is C34H42N4O2S2. The lowest BCUT2D eigenvalue weighted by Crippen LogP contribution is -2.15. The zero-order valence-corrected chi connectivity index (χ0v) is 26.9. The first-order chi connectivity index (χ1) is 20.4. The van der Waals surface area contributed by atoms with Gasteiger partial charge in [-0.25, -0.2) is 0 Å². The molecule has 0 saturated heterocycles. The fourth-order valence-corrected chi connectivity index (χ4v) is 6.66. The maximum absolute atomic E-state index is 6.02. The summed E-state index contributed by atoms with van der Waals surface area (Å²) in [6, 6.07) is 21.2. The van der Waals surface area contributed by atoms with Crippen LogP contribution in [0.2, 0.25) is 0 Å². The topological polar surface area (TPSA) is 49.7 Å². The Kier molecular flexibility index (Phi) is 11.0. The van der Waals surface area contributed by atoms with E-state index in [0.717, 1.165) is 108 Å². The SMILES string of the molecule is CN(C)CCSCCOc1ccc2c(c1)CC(c1ccc(C3=Nc4ccc(OCCSCCN(C)C)cc4C3)cc1)=N2. The highest BCUT2D eigenvalue weighted by Gasteiger charge is 2.19. The quantitative estimate of drug-likeness (QED) is 0.177. The van der Waals surface area contributed by atoms with Crippen LogP contribution in [0.25, 0.3) is 0 Å². The van der Waals surface area contributed by atoms with Gasteiger partial charge in [0.25, 0.3) is 0 Å². The molecule has 3 aromatic rings. The van der Waals surface area contributed by atoms with Gasteiger partial charge < -0.3 is 19.3 Å². The van der Waals surface area contributed by atoms with Gasteiger partial charge in [-0.15, -0.1) is 0 Å². The van der Waals surface area contributed by atoms with Crippen molar-refractivity contribution >= 4 is 46.3 Å². The third kappa shape index (κ3) is 8.63. The number of benzene rings is 3. The third-order valence-electron chi connectivity index (χ3n) is 7.24. The van der Waals surface area contributed by atoms with Crippen LogP contribution in [0.15, 0.2) is 70.6 Å². The Morgan fingerprint density at radius 3 is 1.43 bits per heavy atom. The summed E-state index contributed by atoms with van der Waals surface area (Å²) in [7, 11) is 8.43. The van der Waals surface area contributed by atoms with Crippen molar-refractivity contribution in [3.63, 3.8) is 0 Å². The molecule has 0 fully saturated rings. The second-order valence-electron chi connectivity index (χ2n) is 11.2. The van der Waals surface area contributed by atoms with Gasteiger partial charge in [0, 0.05) is 48.9 Å². The Morgan fingerprint density at radius 1 is 0.595 bits per heavy atom. The summed E-state index contributed by atoms with van der Waals surface area (Å²) in [5, 5.41) is 0. The average Bonchev–Trinajstić information content (AvgIpc) is 3.60. The van der Waals surface area contributed by atoms with Gasteiger partial charge in [-0.3, -0.25) is 9.98 Å². The summed E-state index contributed by atoms with van der Waals surface area (Å²) >= 11 is 3.86. The van der Waals surface area contributed by atoms with E-state index in [4.69, 9.17) is 19.5 Å². The van der Waals surface area contributed by atoms with Crippen LogP contribution in [0.5, 0.6) is 11.5 Å². The largest absolute Gasteiger partial charge is 0.493 e. The minimum atomic E-state index is 0.727.